The Kier molecular flexibility index (Phi) is 6.42. The van der Waals surface area contributed by atoms with Crippen LogP contribution in [0.2, 0.25) is 0 Å². The van der Waals surface area contributed by atoms with Crippen molar-refractivity contribution in [3.63, 3.8) is 0 Å². The first-order chi connectivity index (χ1) is 28.3. The molecule has 57 heavy (non-hydrogen) atoms. The molecule has 5 heteroatoms. The summed E-state index contributed by atoms with van der Waals surface area (Å²) in [5, 5.41) is 13.6. The Morgan fingerprint density at radius 1 is 0.404 bits per heavy atom. The van der Waals surface area contributed by atoms with E-state index in [0.717, 1.165) is 33.4 Å². The zero-order valence-electron chi connectivity index (χ0n) is 30.5. The zero-order chi connectivity index (χ0) is 37.2. The first-order valence-corrected chi connectivity index (χ1v) is 21.0. The number of benzene rings is 9. The maximum absolute atomic E-state index is 5.29. The Bertz CT molecular complexity index is 3790. The number of hydrogen-bond donors (Lipinski definition) is 0. The van der Waals surface area contributed by atoms with Gasteiger partial charge in [0.2, 0.25) is 0 Å². The second-order valence-electron chi connectivity index (χ2n) is 14.9. The number of aromatic nitrogens is 4. The summed E-state index contributed by atoms with van der Waals surface area (Å²) in [7, 11) is 0. The van der Waals surface area contributed by atoms with Crippen molar-refractivity contribution in [2.24, 2.45) is 0 Å². The van der Waals surface area contributed by atoms with Crippen molar-refractivity contribution in [3.8, 4) is 22.8 Å². The predicted molar refractivity (Wildman–Crippen MR) is 241 cm³/mol. The van der Waals surface area contributed by atoms with E-state index in [1.54, 1.807) is 0 Å². The molecule has 0 amide bonds. The number of hydrogen-bond acceptors (Lipinski definition) is 2. The van der Waals surface area contributed by atoms with Crippen molar-refractivity contribution >= 4 is 110 Å². The van der Waals surface area contributed by atoms with E-state index in [0.29, 0.717) is 0 Å². The summed E-state index contributed by atoms with van der Waals surface area (Å²) in [5.41, 5.74) is 9.12. The minimum atomic E-state index is 0.223. The van der Waals surface area contributed by atoms with Crippen LogP contribution < -0.4 is 0 Å². The number of rotatable bonds is 3. The fraction of sp³-hybridized carbons (Fsp3) is 0. The molecule has 0 spiro atoms. The molecule has 0 saturated carbocycles. The van der Waals surface area contributed by atoms with Crippen LogP contribution in [0.5, 0.6) is 0 Å². The average Bonchev–Trinajstić information content (AvgIpc) is 3.94. The Balaban J connectivity index is 1.06. The normalized spacial score (nSPS) is 12.2. The summed E-state index contributed by atoms with van der Waals surface area (Å²) in [5.74, 6) is 0.718. The molecular formula is C52H30N4Se. The van der Waals surface area contributed by atoms with Crippen molar-refractivity contribution in [1.29, 1.82) is 0 Å². The first kappa shape index (κ1) is 31.2. The average molecular weight is 790 g/mol. The van der Waals surface area contributed by atoms with E-state index in [2.05, 4.69) is 185 Å². The zero-order valence-corrected chi connectivity index (χ0v) is 32.2. The third-order valence-electron chi connectivity index (χ3n) is 11.9. The molecule has 0 atom stereocenters. The number of fused-ring (bicyclic) bond motifs is 16. The van der Waals surface area contributed by atoms with Gasteiger partial charge in [-0.3, -0.25) is 0 Å². The van der Waals surface area contributed by atoms with Crippen LogP contribution in [0.3, 0.4) is 0 Å². The molecule has 4 nitrogen and oxygen atoms in total. The van der Waals surface area contributed by atoms with Crippen molar-refractivity contribution in [2.75, 3.05) is 0 Å². The standard InChI is InChI=1S/C52H30N4Se/c1-2-17-35-33(15-1)34-16-3-4-19-37(34)50-41(35)30-53-52(54-50)31-13-11-14-32(29-31)55-42-23-8-5-20-39(42)48-44(55)27-28-45-49(48)40-21-6-9-24-43(40)56(45)46-25-12-22-38-36-18-7-10-26-47(36)57-51(38)46/h1-30H. The molecular weight excluding hydrogens is 760 g/mol. The van der Waals surface area contributed by atoms with E-state index in [1.807, 2.05) is 6.20 Å². The van der Waals surface area contributed by atoms with Crippen molar-refractivity contribution in [3.05, 3.63) is 182 Å². The van der Waals surface area contributed by atoms with Gasteiger partial charge in [0.25, 0.3) is 0 Å². The molecule has 9 aromatic carbocycles. The van der Waals surface area contributed by atoms with E-state index in [4.69, 9.17) is 9.97 Å². The number of nitrogens with zero attached hydrogens (tertiary/aromatic N) is 4. The van der Waals surface area contributed by atoms with Gasteiger partial charge in [-0.25, -0.2) is 9.97 Å². The fourth-order valence-electron chi connectivity index (χ4n) is 9.55. The summed E-state index contributed by atoms with van der Waals surface area (Å²) in [4.78, 5) is 10.3. The molecule has 4 heterocycles. The van der Waals surface area contributed by atoms with Crippen molar-refractivity contribution in [2.45, 2.75) is 0 Å². The van der Waals surface area contributed by atoms with Gasteiger partial charge in [0.1, 0.15) is 0 Å². The molecule has 0 bridgehead atoms. The molecule has 0 aliphatic carbocycles. The van der Waals surface area contributed by atoms with Crippen LogP contribution in [0, 0.1) is 0 Å². The van der Waals surface area contributed by atoms with Crippen LogP contribution in [0.15, 0.2) is 182 Å². The monoisotopic (exact) mass is 790 g/mol. The summed E-state index contributed by atoms with van der Waals surface area (Å²) >= 11 is 0.223. The number of para-hydroxylation sites is 2. The van der Waals surface area contributed by atoms with Gasteiger partial charge >= 0.3 is 237 Å². The van der Waals surface area contributed by atoms with E-state index < -0.39 is 0 Å². The van der Waals surface area contributed by atoms with Gasteiger partial charge in [-0.2, -0.15) is 0 Å². The van der Waals surface area contributed by atoms with Gasteiger partial charge in [0.05, 0.1) is 5.52 Å². The predicted octanol–water partition coefficient (Wildman–Crippen LogP) is 13.2. The molecule has 264 valence electrons. The summed E-state index contributed by atoms with van der Waals surface area (Å²) in [6.45, 7) is 0. The summed E-state index contributed by atoms with van der Waals surface area (Å²) in [6.07, 6.45) is 2.01. The second-order valence-corrected chi connectivity index (χ2v) is 17.1. The van der Waals surface area contributed by atoms with Crippen LogP contribution >= 0.6 is 0 Å². The van der Waals surface area contributed by atoms with Gasteiger partial charge in [-0.1, -0.05) is 48.5 Å². The first-order valence-electron chi connectivity index (χ1n) is 19.3. The molecule has 0 saturated heterocycles. The van der Waals surface area contributed by atoms with Gasteiger partial charge in [-0.05, 0) is 16.2 Å². The van der Waals surface area contributed by atoms with E-state index in [9.17, 15) is 0 Å². The molecule has 13 rings (SSSR count). The molecule has 13 aromatic rings. The van der Waals surface area contributed by atoms with Gasteiger partial charge in [0.15, 0.2) is 0 Å². The summed E-state index contributed by atoms with van der Waals surface area (Å²) in [6, 6.07) is 64.1. The SMILES string of the molecule is c1cc(-c2ncc3c4ccccc4c4ccccc4c3n2)cc(-n2c3ccccc3c3c4c5ccccc5n(-c5cccc6c5[se]c5ccccc56)c4ccc32)c1. The van der Waals surface area contributed by atoms with E-state index >= 15 is 0 Å². The van der Waals surface area contributed by atoms with Gasteiger partial charge in [0, 0.05) is 17.0 Å². The van der Waals surface area contributed by atoms with Gasteiger partial charge in [-0.15, -0.1) is 0 Å². The Morgan fingerprint density at radius 2 is 0.965 bits per heavy atom. The van der Waals surface area contributed by atoms with Crippen LogP contribution in [0.1, 0.15) is 0 Å². The Labute approximate surface area is 332 Å². The third kappa shape index (κ3) is 4.33. The molecule has 0 fully saturated rings. The van der Waals surface area contributed by atoms with Crippen LogP contribution in [0.25, 0.3) is 118 Å². The maximum atomic E-state index is 5.29. The Hall–Kier alpha value is -7.04. The van der Waals surface area contributed by atoms with E-state index in [1.165, 1.54) is 84.8 Å². The van der Waals surface area contributed by atoms with Crippen LogP contribution in [0.4, 0.5) is 0 Å². The Morgan fingerprint density at radius 3 is 1.72 bits per heavy atom. The quantitative estimate of drug-likeness (QED) is 0.132. The molecule has 0 unspecified atom stereocenters. The van der Waals surface area contributed by atoms with Gasteiger partial charge < -0.3 is 0 Å². The van der Waals surface area contributed by atoms with E-state index in [-0.39, 0.29) is 14.5 Å². The summed E-state index contributed by atoms with van der Waals surface area (Å²) < 4.78 is 7.85. The van der Waals surface area contributed by atoms with Crippen LogP contribution in [-0.2, 0) is 0 Å². The minimum absolute atomic E-state index is 0.223. The third-order valence-corrected chi connectivity index (χ3v) is 14.5. The molecule has 4 aromatic heterocycles. The second kappa shape index (κ2) is 11.7. The van der Waals surface area contributed by atoms with Crippen molar-refractivity contribution in [1.82, 2.24) is 19.1 Å². The molecule has 0 aliphatic rings. The topological polar surface area (TPSA) is 35.6 Å². The fourth-order valence-corrected chi connectivity index (χ4v) is 12.1. The molecule has 0 radical (unpaired) electrons. The molecule has 0 aliphatic heterocycles. The van der Waals surface area contributed by atoms with Crippen molar-refractivity contribution < 1.29 is 0 Å². The van der Waals surface area contributed by atoms with Crippen LogP contribution in [-0.4, -0.2) is 33.6 Å². The molecule has 0 N–H and O–H groups in total.